The summed E-state index contributed by atoms with van der Waals surface area (Å²) >= 11 is 0. The van der Waals surface area contributed by atoms with Crippen LogP contribution in [-0.4, -0.2) is 28.3 Å². The van der Waals surface area contributed by atoms with E-state index >= 15 is 0 Å². The van der Waals surface area contributed by atoms with Gasteiger partial charge in [0.25, 0.3) is 0 Å². The van der Waals surface area contributed by atoms with Crippen molar-refractivity contribution in [3.8, 4) is 0 Å². The predicted octanol–water partition coefficient (Wildman–Crippen LogP) is 4.76. The maximum absolute atomic E-state index is 13.8. The number of aryl methyl sites for hydroxylation is 2. The van der Waals surface area contributed by atoms with Crippen molar-refractivity contribution >= 4 is 29.0 Å². The normalized spacial score (nSPS) is 23.7. The second-order valence-electron chi connectivity index (χ2n) is 9.64. The molecular formula is C29H29FN2O4. The molecule has 0 heterocycles. The van der Waals surface area contributed by atoms with Gasteiger partial charge in [-0.3, -0.25) is 14.4 Å². The molecule has 0 saturated heterocycles. The molecule has 0 unspecified atom stereocenters. The molecule has 0 aromatic heterocycles. The lowest BCUT2D eigenvalue weighted by molar-refractivity contribution is -0.150. The van der Waals surface area contributed by atoms with Gasteiger partial charge in [-0.05, 0) is 61.7 Å². The van der Waals surface area contributed by atoms with Crippen LogP contribution in [-0.2, 0) is 14.4 Å². The molecule has 0 radical (unpaired) electrons. The molecule has 6 nitrogen and oxygen atoms in total. The summed E-state index contributed by atoms with van der Waals surface area (Å²) in [5.74, 6) is -5.52. The minimum atomic E-state index is -1.73. The van der Waals surface area contributed by atoms with Crippen LogP contribution in [0.1, 0.15) is 36.0 Å². The molecule has 0 bridgehead atoms. The van der Waals surface area contributed by atoms with Gasteiger partial charge in [-0.15, -0.1) is 0 Å². The van der Waals surface area contributed by atoms with Crippen molar-refractivity contribution in [2.75, 3.05) is 10.6 Å². The van der Waals surface area contributed by atoms with E-state index in [-0.39, 0.29) is 6.42 Å². The Morgan fingerprint density at radius 3 is 1.89 bits per heavy atom. The van der Waals surface area contributed by atoms with Crippen molar-refractivity contribution in [1.82, 2.24) is 0 Å². The highest BCUT2D eigenvalue weighted by Crippen LogP contribution is 2.46. The minimum absolute atomic E-state index is 0.373. The van der Waals surface area contributed by atoms with Gasteiger partial charge in [-0.25, -0.2) is 4.39 Å². The van der Waals surface area contributed by atoms with Gasteiger partial charge >= 0.3 is 0 Å². The summed E-state index contributed by atoms with van der Waals surface area (Å²) in [4.78, 5) is 40.6. The van der Waals surface area contributed by atoms with Crippen molar-refractivity contribution in [2.24, 2.45) is 11.8 Å². The number of halogens is 1. The van der Waals surface area contributed by atoms with E-state index in [9.17, 15) is 23.9 Å². The number of amides is 2. The number of hydrogen-bond acceptors (Lipinski definition) is 4. The van der Waals surface area contributed by atoms with E-state index in [1.807, 2.05) is 38.1 Å². The Kier molecular flexibility index (Phi) is 7.04. The number of Topliss-reactive ketones (excluding diaryl/α,β-unsaturated/α-hetero) is 1. The van der Waals surface area contributed by atoms with Gasteiger partial charge in [-0.1, -0.05) is 48.5 Å². The van der Waals surface area contributed by atoms with E-state index in [2.05, 4.69) is 10.6 Å². The van der Waals surface area contributed by atoms with E-state index in [0.29, 0.717) is 16.9 Å². The summed E-state index contributed by atoms with van der Waals surface area (Å²) < 4.78 is 13.8. The first kappa shape index (κ1) is 25.3. The molecule has 0 spiro atoms. The Labute approximate surface area is 209 Å². The SMILES string of the molecule is Cc1ccccc1NC(=O)[C@@H]1C(=O)C[C@@](C)(O)[C@@H](C(=O)Nc2ccccc2C)[C@@H]1c1ccc(F)cc1. The summed E-state index contributed by atoms with van der Waals surface area (Å²) in [6.45, 7) is 5.10. The molecule has 1 saturated carbocycles. The smallest absolute Gasteiger partial charge is 0.235 e. The summed E-state index contributed by atoms with van der Waals surface area (Å²) in [6.07, 6.45) is -0.373. The molecule has 3 aromatic carbocycles. The highest BCUT2D eigenvalue weighted by atomic mass is 19.1. The van der Waals surface area contributed by atoms with E-state index in [0.717, 1.165) is 11.1 Å². The Hall–Kier alpha value is -3.84. The quantitative estimate of drug-likeness (QED) is 0.451. The molecule has 1 aliphatic rings. The van der Waals surface area contributed by atoms with Crippen LogP contribution in [0.3, 0.4) is 0 Å². The second kappa shape index (κ2) is 10.0. The largest absolute Gasteiger partial charge is 0.389 e. The number of hydrogen-bond donors (Lipinski definition) is 3. The zero-order valence-electron chi connectivity index (χ0n) is 20.4. The number of benzene rings is 3. The predicted molar refractivity (Wildman–Crippen MR) is 136 cm³/mol. The standard InChI is InChI=1S/C29H29FN2O4/c1-17-8-4-6-10-21(17)31-27(34)25-23(33)16-29(3,36)26(24(25)19-12-14-20(30)15-13-19)28(35)32-22-11-7-5-9-18(22)2/h4-15,24-26,36H,16H2,1-3H3,(H,31,34)(H,32,35)/t24-,25-,26-,29-/m1/s1. The van der Waals surface area contributed by atoms with Crippen molar-refractivity contribution in [2.45, 2.75) is 38.7 Å². The lowest BCUT2D eigenvalue weighted by atomic mass is 9.61. The van der Waals surface area contributed by atoms with E-state index in [1.165, 1.54) is 31.2 Å². The fourth-order valence-corrected chi connectivity index (χ4v) is 5.02. The second-order valence-corrected chi connectivity index (χ2v) is 9.64. The molecule has 1 aliphatic carbocycles. The molecule has 4 rings (SSSR count). The summed E-state index contributed by atoms with van der Waals surface area (Å²) in [7, 11) is 0. The first-order valence-electron chi connectivity index (χ1n) is 11.8. The maximum atomic E-state index is 13.8. The molecule has 4 atom stereocenters. The first-order valence-corrected chi connectivity index (χ1v) is 11.8. The summed E-state index contributed by atoms with van der Waals surface area (Å²) in [5, 5.41) is 17.0. The van der Waals surface area contributed by atoms with Crippen LogP contribution in [0.5, 0.6) is 0 Å². The molecule has 0 aliphatic heterocycles. The number of para-hydroxylation sites is 2. The van der Waals surface area contributed by atoms with Crippen molar-refractivity contribution < 1.29 is 23.9 Å². The van der Waals surface area contributed by atoms with Crippen molar-refractivity contribution in [1.29, 1.82) is 0 Å². The lowest BCUT2D eigenvalue weighted by Crippen LogP contribution is -2.56. The topological polar surface area (TPSA) is 95.5 Å². The van der Waals surface area contributed by atoms with Gasteiger partial charge in [0.2, 0.25) is 11.8 Å². The average molecular weight is 489 g/mol. The van der Waals surface area contributed by atoms with Crippen LogP contribution in [0, 0.1) is 31.5 Å². The molecule has 1 fully saturated rings. The number of carbonyl (C=O) groups is 3. The van der Waals surface area contributed by atoms with Crippen LogP contribution in [0.15, 0.2) is 72.8 Å². The third-order valence-electron chi connectivity index (χ3n) is 6.89. The van der Waals surface area contributed by atoms with Gasteiger partial charge in [0.05, 0.1) is 11.5 Å². The van der Waals surface area contributed by atoms with Gasteiger partial charge < -0.3 is 15.7 Å². The van der Waals surface area contributed by atoms with E-state index in [1.54, 1.807) is 24.3 Å². The van der Waals surface area contributed by atoms with Gasteiger partial charge in [0.1, 0.15) is 17.5 Å². The Bertz CT molecular complexity index is 1300. The number of nitrogens with one attached hydrogen (secondary N) is 2. The first-order chi connectivity index (χ1) is 17.1. The highest BCUT2D eigenvalue weighted by Gasteiger charge is 2.56. The van der Waals surface area contributed by atoms with Gasteiger partial charge in [-0.2, -0.15) is 0 Å². The van der Waals surface area contributed by atoms with Crippen molar-refractivity contribution in [3.63, 3.8) is 0 Å². The molecule has 3 N–H and O–H groups in total. The van der Waals surface area contributed by atoms with E-state index < -0.39 is 46.8 Å². The number of ketones is 1. The Morgan fingerprint density at radius 1 is 0.861 bits per heavy atom. The summed E-state index contributed by atoms with van der Waals surface area (Å²) in [5.41, 5.74) is 1.43. The molecule has 36 heavy (non-hydrogen) atoms. The average Bonchev–Trinajstić information content (AvgIpc) is 2.81. The Balaban J connectivity index is 1.78. The van der Waals surface area contributed by atoms with Crippen molar-refractivity contribution in [3.05, 3.63) is 95.3 Å². The lowest BCUT2D eigenvalue weighted by Gasteiger charge is -2.44. The Morgan fingerprint density at radius 2 is 1.36 bits per heavy atom. The molecule has 2 amide bonds. The zero-order valence-corrected chi connectivity index (χ0v) is 20.4. The van der Waals surface area contributed by atoms with Gasteiger partial charge in [0.15, 0.2) is 0 Å². The van der Waals surface area contributed by atoms with Crippen LogP contribution < -0.4 is 10.6 Å². The summed E-state index contributed by atoms with van der Waals surface area (Å²) in [6, 6.07) is 19.7. The number of anilines is 2. The van der Waals surface area contributed by atoms with E-state index in [4.69, 9.17) is 0 Å². The minimum Gasteiger partial charge on any atom is -0.389 e. The third kappa shape index (κ3) is 5.06. The van der Waals surface area contributed by atoms with Crippen LogP contribution in [0.25, 0.3) is 0 Å². The highest BCUT2D eigenvalue weighted by molar-refractivity contribution is 6.10. The number of carbonyl (C=O) groups excluding carboxylic acids is 3. The fraction of sp³-hybridized carbons (Fsp3) is 0.276. The van der Waals surface area contributed by atoms with Crippen LogP contribution >= 0.6 is 0 Å². The molecule has 7 heteroatoms. The number of aliphatic hydroxyl groups is 1. The van der Waals surface area contributed by atoms with Crippen LogP contribution in [0.4, 0.5) is 15.8 Å². The number of rotatable bonds is 5. The monoisotopic (exact) mass is 488 g/mol. The molecule has 3 aromatic rings. The third-order valence-corrected chi connectivity index (χ3v) is 6.89. The maximum Gasteiger partial charge on any atom is 0.235 e. The molecule has 186 valence electrons. The molecular weight excluding hydrogens is 459 g/mol. The van der Waals surface area contributed by atoms with Gasteiger partial charge in [0, 0.05) is 23.7 Å². The zero-order chi connectivity index (χ0) is 26.0. The van der Waals surface area contributed by atoms with Crippen LogP contribution in [0.2, 0.25) is 0 Å². The fourth-order valence-electron chi connectivity index (χ4n) is 5.02.